The highest BCUT2D eigenvalue weighted by Gasteiger charge is 2.64. The van der Waals surface area contributed by atoms with Crippen LogP contribution in [0.1, 0.15) is 48.6 Å². The molecular formula is C29H28BrN7O4. The molecule has 3 atom stereocenters. The van der Waals surface area contributed by atoms with E-state index in [4.69, 9.17) is 0 Å². The van der Waals surface area contributed by atoms with Crippen molar-refractivity contribution < 1.29 is 19.5 Å². The van der Waals surface area contributed by atoms with Crippen LogP contribution in [0.2, 0.25) is 0 Å². The fraction of sp³-hybridized carbons (Fsp3) is 0.345. The molecule has 0 spiro atoms. The topological polar surface area (TPSA) is 143 Å². The Morgan fingerprint density at radius 1 is 1.12 bits per heavy atom. The number of aliphatic hydroxyl groups excluding tert-OH is 1. The number of rotatable bonds is 7. The monoisotopic (exact) mass is 617 g/mol. The van der Waals surface area contributed by atoms with Crippen molar-refractivity contribution in [3.63, 3.8) is 0 Å². The van der Waals surface area contributed by atoms with E-state index in [1.54, 1.807) is 29.4 Å². The molecule has 4 aromatic rings. The summed E-state index contributed by atoms with van der Waals surface area (Å²) in [5.74, 6) is 0.0908. The number of pyridine rings is 1. The number of Topliss-reactive ketones (excluding diaryl/α,β-unsaturated/α-hetero) is 1. The minimum atomic E-state index is -0.694. The number of nitrogens with one attached hydrogen (secondary N) is 1. The molecule has 1 saturated heterocycles. The van der Waals surface area contributed by atoms with Crippen molar-refractivity contribution in [1.82, 2.24) is 29.6 Å². The van der Waals surface area contributed by atoms with Gasteiger partial charge in [0.15, 0.2) is 5.78 Å². The number of ketones is 1. The Balaban J connectivity index is 1.29. The number of benzene rings is 1. The van der Waals surface area contributed by atoms with Crippen LogP contribution >= 0.6 is 15.9 Å². The molecule has 0 unspecified atom stereocenters. The van der Waals surface area contributed by atoms with Gasteiger partial charge in [-0.25, -0.2) is 15.0 Å². The Morgan fingerprint density at radius 3 is 2.59 bits per heavy atom. The van der Waals surface area contributed by atoms with E-state index in [2.05, 4.69) is 48.2 Å². The zero-order valence-corrected chi connectivity index (χ0v) is 24.3. The zero-order valence-electron chi connectivity index (χ0n) is 22.8. The van der Waals surface area contributed by atoms with Gasteiger partial charge in [-0.1, -0.05) is 19.1 Å². The number of hydrogen-bond donors (Lipinski definition) is 2. The number of carbonyl (C=O) groups is 3. The molecule has 3 aromatic heterocycles. The molecule has 12 heteroatoms. The summed E-state index contributed by atoms with van der Waals surface area (Å²) in [7, 11) is 0. The van der Waals surface area contributed by atoms with Gasteiger partial charge in [-0.2, -0.15) is 5.10 Å². The van der Waals surface area contributed by atoms with Crippen molar-refractivity contribution >= 4 is 50.2 Å². The molecule has 0 radical (unpaired) electrons. The van der Waals surface area contributed by atoms with Gasteiger partial charge < -0.3 is 15.3 Å². The summed E-state index contributed by atoms with van der Waals surface area (Å²) >= 11 is 3.30. The molecule has 1 aromatic carbocycles. The maximum Gasteiger partial charge on any atom is 0.248 e. The normalized spacial score (nSPS) is 21.1. The fourth-order valence-corrected chi connectivity index (χ4v) is 6.06. The Labute approximate surface area is 244 Å². The number of piperidine rings is 1. The summed E-state index contributed by atoms with van der Waals surface area (Å²) in [6.45, 7) is 4.93. The average Bonchev–Trinajstić information content (AvgIpc) is 3.30. The molecule has 11 nitrogen and oxygen atoms in total. The highest BCUT2D eigenvalue weighted by atomic mass is 79.9. The van der Waals surface area contributed by atoms with Crippen molar-refractivity contribution in [2.45, 2.75) is 58.8 Å². The van der Waals surface area contributed by atoms with Crippen molar-refractivity contribution in [1.29, 1.82) is 0 Å². The van der Waals surface area contributed by atoms with Crippen LogP contribution in [0.15, 0.2) is 47.3 Å². The number of nitrogens with zero attached hydrogens (tertiary/aromatic N) is 6. The molecule has 4 heterocycles. The van der Waals surface area contributed by atoms with Gasteiger partial charge in [-0.05, 0) is 64.9 Å². The van der Waals surface area contributed by atoms with Gasteiger partial charge in [0.05, 0.1) is 12.1 Å². The molecule has 1 aliphatic carbocycles. The van der Waals surface area contributed by atoms with E-state index < -0.39 is 6.04 Å². The van der Waals surface area contributed by atoms with Gasteiger partial charge in [0.25, 0.3) is 0 Å². The van der Waals surface area contributed by atoms with Crippen molar-refractivity contribution in [2.75, 3.05) is 5.32 Å². The first-order valence-electron chi connectivity index (χ1n) is 13.3. The van der Waals surface area contributed by atoms with Crippen LogP contribution in [0.4, 0.5) is 5.82 Å². The molecule has 2 amide bonds. The fourth-order valence-electron chi connectivity index (χ4n) is 5.75. The minimum absolute atomic E-state index is 0.0548. The van der Waals surface area contributed by atoms with Crippen molar-refractivity contribution in [3.8, 4) is 11.1 Å². The summed E-state index contributed by atoms with van der Waals surface area (Å²) in [6, 6.07) is 8.20. The third kappa shape index (κ3) is 4.91. The lowest BCUT2D eigenvalue weighted by Gasteiger charge is -2.27. The highest BCUT2D eigenvalue weighted by molar-refractivity contribution is 9.10. The van der Waals surface area contributed by atoms with E-state index in [1.165, 1.54) is 11.6 Å². The van der Waals surface area contributed by atoms with E-state index in [-0.39, 0.29) is 53.7 Å². The lowest BCUT2D eigenvalue weighted by Crippen LogP contribution is -2.47. The summed E-state index contributed by atoms with van der Waals surface area (Å²) in [4.78, 5) is 54.2. The number of aromatic nitrogens is 5. The summed E-state index contributed by atoms with van der Waals surface area (Å²) in [5, 5.41) is 17.7. The Kier molecular flexibility index (Phi) is 6.69. The van der Waals surface area contributed by atoms with E-state index in [9.17, 15) is 19.5 Å². The summed E-state index contributed by atoms with van der Waals surface area (Å²) in [5.41, 5.74) is 2.89. The molecule has 41 heavy (non-hydrogen) atoms. The Hall–Kier alpha value is -4.03. The third-order valence-corrected chi connectivity index (χ3v) is 8.51. The largest absolute Gasteiger partial charge is 0.392 e. The number of aryl methyl sites for hydroxylation is 1. The summed E-state index contributed by atoms with van der Waals surface area (Å²) < 4.78 is 2.06. The SMILES string of the molecule is CC(=O)c1nn(CC(=O)N2[C@H](C(=O)Nc3nc(Br)ccc3CO)C[C@@]3(C)C[C@@H]23)c2ccc(-c3cnc(C)nc3)cc12. The number of amides is 2. The van der Waals surface area contributed by atoms with Crippen LogP contribution < -0.4 is 5.32 Å². The first-order valence-corrected chi connectivity index (χ1v) is 14.1. The van der Waals surface area contributed by atoms with Crippen LogP contribution in [-0.2, 0) is 22.7 Å². The molecular weight excluding hydrogens is 590 g/mol. The van der Waals surface area contributed by atoms with Gasteiger partial charge >= 0.3 is 0 Å². The third-order valence-electron chi connectivity index (χ3n) is 8.07. The first kappa shape index (κ1) is 27.2. The number of hydrogen-bond acceptors (Lipinski definition) is 8. The smallest absolute Gasteiger partial charge is 0.248 e. The number of halogens is 1. The molecule has 1 aliphatic heterocycles. The van der Waals surface area contributed by atoms with Gasteiger partial charge in [-0.3, -0.25) is 19.1 Å². The molecule has 0 bridgehead atoms. The van der Waals surface area contributed by atoms with E-state index in [1.807, 2.05) is 25.1 Å². The molecule has 6 rings (SSSR count). The van der Waals surface area contributed by atoms with Crippen LogP contribution in [0.3, 0.4) is 0 Å². The lowest BCUT2D eigenvalue weighted by molar-refractivity contribution is -0.138. The standard InChI is InChI=1S/C29H28BrN7O4/c1-15(39)26-20-8-17(19-11-31-16(2)32-12-19)4-6-21(20)36(35-26)13-25(40)37-22(9-29(3)10-23(29)37)28(41)34-27-18(14-38)5-7-24(30)33-27/h4-8,11-12,22-23,38H,9-10,13-14H2,1-3H3,(H,33,34,41)/t22-,23+,29-/m0/s1. The van der Waals surface area contributed by atoms with Gasteiger partial charge in [0, 0.05) is 41.9 Å². The summed E-state index contributed by atoms with van der Waals surface area (Å²) in [6.07, 6.45) is 4.80. The zero-order chi connectivity index (χ0) is 29.1. The van der Waals surface area contributed by atoms with Gasteiger partial charge in [0.1, 0.15) is 34.5 Å². The van der Waals surface area contributed by atoms with Crippen LogP contribution in [0.25, 0.3) is 22.0 Å². The lowest BCUT2D eigenvalue weighted by atomic mass is 10.0. The predicted octanol–water partition coefficient (Wildman–Crippen LogP) is 3.67. The number of fused-ring (bicyclic) bond motifs is 2. The maximum atomic E-state index is 13.8. The second-order valence-corrected chi connectivity index (χ2v) is 11.8. The molecule has 2 aliphatic rings. The predicted molar refractivity (Wildman–Crippen MR) is 154 cm³/mol. The average molecular weight is 618 g/mol. The van der Waals surface area contributed by atoms with Gasteiger partial charge in [0.2, 0.25) is 11.8 Å². The van der Waals surface area contributed by atoms with Gasteiger partial charge in [-0.15, -0.1) is 0 Å². The molecule has 2 N–H and O–H groups in total. The molecule has 1 saturated carbocycles. The second-order valence-electron chi connectivity index (χ2n) is 11.0. The number of likely N-dealkylation sites (tertiary alicyclic amines) is 1. The van der Waals surface area contributed by atoms with E-state index in [0.717, 1.165) is 17.5 Å². The second kappa shape index (κ2) is 10.1. The van der Waals surface area contributed by atoms with Crippen molar-refractivity contribution in [2.24, 2.45) is 5.41 Å². The first-order chi connectivity index (χ1) is 19.6. The number of aliphatic hydroxyl groups is 1. The maximum absolute atomic E-state index is 13.8. The Bertz CT molecular complexity index is 1720. The van der Waals surface area contributed by atoms with Crippen LogP contribution in [-0.4, -0.2) is 64.4 Å². The number of anilines is 1. The minimum Gasteiger partial charge on any atom is -0.392 e. The van der Waals surface area contributed by atoms with E-state index >= 15 is 0 Å². The molecule has 210 valence electrons. The van der Waals surface area contributed by atoms with Crippen LogP contribution in [0.5, 0.6) is 0 Å². The van der Waals surface area contributed by atoms with Crippen molar-refractivity contribution in [3.05, 3.63) is 64.4 Å². The quantitative estimate of drug-likeness (QED) is 0.236. The Morgan fingerprint density at radius 2 is 1.88 bits per heavy atom. The van der Waals surface area contributed by atoms with Crippen LogP contribution in [0, 0.1) is 12.3 Å². The van der Waals surface area contributed by atoms with E-state index in [0.29, 0.717) is 33.3 Å². The molecule has 2 fully saturated rings. The highest BCUT2D eigenvalue weighted by Crippen LogP contribution is 2.59. The number of carbonyl (C=O) groups excluding carboxylic acids is 3.